The number of benzene rings is 2. The van der Waals surface area contributed by atoms with Gasteiger partial charge in [-0.05, 0) is 62.7 Å². The average Bonchev–Trinajstić information content (AvgIpc) is 3.40. The van der Waals surface area contributed by atoms with E-state index in [4.69, 9.17) is 4.99 Å². The largest absolute Gasteiger partial charge is 0.271 e. The minimum absolute atomic E-state index is 0.0797. The van der Waals surface area contributed by atoms with Crippen LogP contribution >= 0.6 is 0 Å². The van der Waals surface area contributed by atoms with E-state index < -0.39 is 16.1 Å². The van der Waals surface area contributed by atoms with Gasteiger partial charge in [-0.1, -0.05) is 86.2 Å². The maximum Gasteiger partial charge on any atom is 0.261 e. The number of sulfonamides is 1. The third kappa shape index (κ3) is 4.07. The molecule has 2 saturated carbocycles. The number of carbonyl (C=O) groups is 1. The topological polar surface area (TPSA) is 66.8 Å². The summed E-state index contributed by atoms with van der Waals surface area (Å²) in [5, 5.41) is 0. The molecule has 2 aromatic rings. The zero-order valence-corrected chi connectivity index (χ0v) is 23.3. The van der Waals surface area contributed by atoms with Gasteiger partial charge in [-0.3, -0.25) is 9.79 Å². The van der Waals surface area contributed by atoms with Gasteiger partial charge in [0.1, 0.15) is 6.04 Å². The average molecular weight is 531 g/mol. The second kappa shape index (κ2) is 9.48. The zero-order chi connectivity index (χ0) is 26.5. The Balaban J connectivity index is 1.44. The van der Waals surface area contributed by atoms with Crippen LogP contribution in [0.4, 0.5) is 0 Å². The molecule has 1 heterocycles. The Morgan fingerprint density at radius 2 is 1.68 bits per heavy atom. The minimum atomic E-state index is -3.72. The van der Waals surface area contributed by atoms with Crippen LogP contribution in [0, 0.1) is 16.7 Å². The van der Waals surface area contributed by atoms with Crippen LogP contribution in [-0.4, -0.2) is 42.2 Å². The number of fused-ring (bicyclic) bond motifs is 1. The first-order valence-electron chi connectivity index (χ1n) is 14.2. The van der Waals surface area contributed by atoms with Crippen LogP contribution < -0.4 is 0 Å². The molecule has 200 valence electrons. The van der Waals surface area contributed by atoms with E-state index in [0.717, 1.165) is 61.8 Å². The van der Waals surface area contributed by atoms with Gasteiger partial charge in [-0.15, -0.1) is 0 Å². The van der Waals surface area contributed by atoms with Crippen molar-refractivity contribution in [2.75, 3.05) is 5.75 Å². The first-order valence-corrected chi connectivity index (χ1v) is 15.8. The molecule has 2 bridgehead atoms. The Bertz CT molecular complexity index is 1340. The Morgan fingerprint density at radius 1 is 1.03 bits per heavy atom. The highest BCUT2D eigenvalue weighted by Gasteiger charge is 2.72. The maximum absolute atomic E-state index is 14.5. The number of aliphatic imine (C=N–C) groups is 1. The van der Waals surface area contributed by atoms with Crippen molar-refractivity contribution in [2.45, 2.75) is 77.3 Å². The second-order valence-electron chi connectivity index (χ2n) is 12.3. The van der Waals surface area contributed by atoms with Gasteiger partial charge in [0.25, 0.3) is 5.91 Å². The van der Waals surface area contributed by atoms with Crippen LogP contribution in [0.5, 0.6) is 0 Å². The summed E-state index contributed by atoms with van der Waals surface area (Å²) in [4.78, 5) is 19.6. The fraction of sp³-hybridized carbons (Fsp3) is 0.500. The molecule has 1 saturated heterocycles. The quantitative estimate of drug-likeness (QED) is 0.332. The molecule has 5 nitrogen and oxygen atoms in total. The Morgan fingerprint density at radius 3 is 2.26 bits per heavy atom. The van der Waals surface area contributed by atoms with Gasteiger partial charge < -0.3 is 0 Å². The molecule has 0 aromatic heterocycles. The SMILES string of the molecule is CC1(C)[C@@H]2CC[C@]13CS(=O)(=O)N(C(=O)[C@H](CC1=CCCCC1)N=C(c1ccccc1)c1ccccc1)[C@H]3C2. The Hall–Kier alpha value is -2.73. The number of allylic oxidation sites excluding steroid dienone is 1. The standard InChI is InChI=1S/C32H38N2O3S/c1-31(2)26-18-19-32(31)22-38(36,37)34(28(32)21-26)30(35)27(20-23-12-6-3-7-13-23)33-29(24-14-8-4-9-15-24)25-16-10-5-11-17-25/h4-5,8-12,14-17,26-28H,3,6-7,13,18-22H2,1-2H3/t26-,27+,28+,32-/m1/s1. The lowest BCUT2D eigenvalue weighted by atomic mass is 9.69. The van der Waals surface area contributed by atoms with Crippen molar-refractivity contribution < 1.29 is 13.2 Å². The molecule has 3 aliphatic carbocycles. The predicted molar refractivity (Wildman–Crippen MR) is 151 cm³/mol. The molecule has 0 unspecified atom stereocenters. The van der Waals surface area contributed by atoms with Crippen LogP contribution in [0.3, 0.4) is 0 Å². The van der Waals surface area contributed by atoms with Gasteiger partial charge in [0.05, 0.1) is 17.5 Å². The van der Waals surface area contributed by atoms with Crippen LogP contribution in [0.1, 0.15) is 76.3 Å². The molecule has 6 heteroatoms. The van der Waals surface area contributed by atoms with E-state index in [-0.39, 0.29) is 28.5 Å². The van der Waals surface area contributed by atoms with Crippen LogP contribution in [0.2, 0.25) is 0 Å². The number of carbonyl (C=O) groups excluding carboxylic acids is 1. The molecule has 0 N–H and O–H groups in total. The fourth-order valence-electron chi connectivity index (χ4n) is 7.92. The first-order chi connectivity index (χ1) is 18.2. The highest BCUT2D eigenvalue weighted by Crippen LogP contribution is 2.70. The van der Waals surface area contributed by atoms with Crippen molar-refractivity contribution in [3.63, 3.8) is 0 Å². The van der Waals surface area contributed by atoms with Gasteiger partial charge >= 0.3 is 0 Å². The van der Waals surface area contributed by atoms with Crippen molar-refractivity contribution in [2.24, 2.45) is 21.7 Å². The fourth-order valence-corrected chi connectivity index (χ4v) is 10.5. The van der Waals surface area contributed by atoms with Crippen LogP contribution in [-0.2, 0) is 14.8 Å². The molecule has 2 aromatic carbocycles. The molecule has 0 radical (unpaired) electrons. The monoisotopic (exact) mass is 530 g/mol. The molecule has 6 rings (SSSR count). The summed E-state index contributed by atoms with van der Waals surface area (Å²) in [7, 11) is -3.72. The van der Waals surface area contributed by atoms with E-state index in [9.17, 15) is 13.2 Å². The van der Waals surface area contributed by atoms with Crippen molar-refractivity contribution >= 4 is 21.6 Å². The lowest BCUT2D eigenvalue weighted by Crippen LogP contribution is -2.47. The molecule has 1 aliphatic heterocycles. The molecular weight excluding hydrogens is 492 g/mol. The molecule has 4 aliphatic rings. The predicted octanol–water partition coefficient (Wildman–Crippen LogP) is 6.15. The smallest absolute Gasteiger partial charge is 0.261 e. The second-order valence-corrected chi connectivity index (χ2v) is 14.1. The Kier molecular flexibility index (Phi) is 6.37. The minimum Gasteiger partial charge on any atom is -0.271 e. The van der Waals surface area contributed by atoms with Crippen LogP contribution in [0.25, 0.3) is 0 Å². The number of nitrogens with zero attached hydrogens (tertiary/aromatic N) is 2. The van der Waals surface area contributed by atoms with Gasteiger partial charge in [-0.2, -0.15) is 0 Å². The van der Waals surface area contributed by atoms with Crippen molar-refractivity contribution in [1.82, 2.24) is 4.31 Å². The molecule has 1 amide bonds. The van der Waals surface area contributed by atoms with E-state index in [2.05, 4.69) is 19.9 Å². The van der Waals surface area contributed by atoms with E-state index in [0.29, 0.717) is 12.3 Å². The third-order valence-corrected chi connectivity index (χ3v) is 12.0. The summed E-state index contributed by atoms with van der Waals surface area (Å²) in [6.07, 6.45) is 9.65. The lowest BCUT2D eigenvalue weighted by Gasteiger charge is -2.37. The molecular formula is C32H38N2O3S. The zero-order valence-electron chi connectivity index (χ0n) is 22.5. The highest BCUT2D eigenvalue weighted by molar-refractivity contribution is 7.90. The number of rotatable bonds is 6. The van der Waals surface area contributed by atoms with E-state index >= 15 is 0 Å². The lowest BCUT2D eigenvalue weighted by molar-refractivity contribution is -0.130. The Labute approximate surface area is 227 Å². The van der Waals surface area contributed by atoms with Crippen LogP contribution in [0.15, 0.2) is 77.3 Å². The van der Waals surface area contributed by atoms with Gasteiger partial charge in [0, 0.05) is 16.5 Å². The molecule has 1 spiro atoms. The van der Waals surface area contributed by atoms with E-state index in [1.54, 1.807) is 0 Å². The van der Waals surface area contributed by atoms with Crippen molar-refractivity contribution in [1.29, 1.82) is 0 Å². The summed E-state index contributed by atoms with van der Waals surface area (Å²) in [6.45, 7) is 4.44. The van der Waals surface area contributed by atoms with Gasteiger partial charge in [0.2, 0.25) is 10.0 Å². The maximum atomic E-state index is 14.5. The summed E-state index contributed by atoms with van der Waals surface area (Å²) in [6, 6.07) is 18.8. The van der Waals surface area contributed by atoms with Crippen molar-refractivity contribution in [3.8, 4) is 0 Å². The summed E-state index contributed by atoms with van der Waals surface area (Å²) < 4.78 is 28.8. The van der Waals surface area contributed by atoms with Gasteiger partial charge in [0.15, 0.2) is 0 Å². The normalized spacial score (nSPS) is 29.4. The highest BCUT2D eigenvalue weighted by atomic mass is 32.2. The van der Waals surface area contributed by atoms with Gasteiger partial charge in [-0.25, -0.2) is 12.7 Å². The number of amides is 1. The number of hydrogen-bond acceptors (Lipinski definition) is 4. The third-order valence-electron chi connectivity index (χ3n) is 10.1. The summed E-state index contributed by atoms with van der Waals surface area (Å²) in [5.41, 5.74) is 3.39. The molecule has 3 fully saturated rings. The summed E-state index contributed by atoms with van der Waals surface area (Å²) >= 11 is 0. The number of hydrogen-bond donors (Lipinski definition) is 0. The summed E-state index contributed by atoms with van der Waals surface area (Å²) in [5.74, 6) is 0.208. The molecule has 4 atom stereocenters. The van der Waals surface area contributed by atoms with E-state index in [1.807, 2.05) is 60.7 Å². The molecule has 38 heavy (non-hydrogen) atoms. The van der Waals surface area contributed by atoms with E-state index in [1.165, 1.54) is 9.88 Å². The first kappa shape index (κ1) is 25.5. The van der Waals surface area contributed by atoms with Crippen molar-refractivity contribution in [3.05, 3.63) is 83.4 Å².